The Morgan fingerprint density at radius 2 is 1.95 bits per heavy atom. The van der Waals surface area contributed by atoms with Crippen molar-refractivity contribution >= 4 is 11.8 Å². The molecule has 108 valence electrons. The first-order valence-corrected chi connectivity index (χ1v) is 7.78. The number of rotatable bonds is 6. The summed E-state index contributed by atoms with van der Waals surface area (Å²) in [5.74, 6) is 0.946. The number of hydrogen-bond donors (Lipinski definition) is 1. The number of nitrogens with zero attached hydrogens (tertiary/aromatic N) is 1. The second kappa shape index (κ2) is 6.40. The number of amides is 2. The monoisotopic (exact) mass is 266 g/mol. The van der Waals surface area contributed by atoms with Gasteiger partial charge in [0.25, 0.3) is 0 Å². The number of carbonyl (C=O) groups excluding carboxylic acids is 2. The zero-order chi connectivity index (χ0) is 13.8. The van der Waals surface area contributed by atoms with Crippen molar-refractivity contribution in [2.45, 2.75) is 70.9 Å². The van der Waals surface area contributed by atoms with Crippen molar-refractivity contribution < 1.29 is 9.59 Å². The van der Waals surface area contributed by atoms with Gasteiger partial charge < -0.3 is 10.2 Å². The molecule has 2 fully saturated rings. The molecule has 1 aliphatic heterocycles. The maximum atomic E-state index is 12.5. The van der Waals surface area contributed by atoms with Crippen LogP contribution in [0.25, 0.3) is 0 Å². The lowest BCUT2D eigenvalue weighted by atomic mass is 9.82. The summed E-state index contributed by atoms with van der Waals surface area (Å²) in [5.41, 5.74) is 0. The molecule has 1 N–H and O–H groups in total. The molecular formula is C15H26N2O2. The van der Waals surface area contributed by atoms with E-state index < -0.39 is 0 Å². The zero-order valence-electron chi connectivity index (χ0n) is 12.2. The molecule has 0 spiro atoms. The molecule has 1 heterocycles. The molecule has 2 rings (SSSR count). The molecule has 2 unspecified atom stereocenters. The standard InChI is InChI=1S/C15H26N2O2/c1-3-6-12-15(19)17(10-9-11-7-5-8-11)13(4-2)14(18)16-12/h11-13H,3-10H2,1-2H3,(H,16,18). The predicted octanol–water partition coefficient (Wildman–Crippen LogP) is 2.08. The Bertz CT molecular complexity index is 339. The summed E-state index contributed by atoms with van der Waals surface area (Å²) in [6, 6.07) is -0.539. The van der Waals surface area contributed by atoms with Crippen molar-refractivity contribution in [2.75, 3.05) is 6.54 Å². The summed E-state index contributed by atoms with van der Waals surface area (Å²) in [6.45, 7) is 4.79. The average Bonchev–Trinajstić information content (AvgIpc) is 2.33. The molecule has 0 radical (unpaired) electrons. The Labute approximate surface area is 115 Å². The van der Waals surface area contributed by atoms with Gasteiger partial charge >= 0.3 is 0 Å². The smallest absolute Gasteiger partial charge is 0.245 e. The van der Waals surface area contributed by atoms with Gasteiger partial charge in [0.05, 0.1) is 0 Å². The first-order valence-electron chi connectivity index (χ1n) is 7.78. The second-order valence-corrected chi connectivity index (χ2v) is 5.89. The Morgan fingerprint density at radius 3 is 2.47 bits per heavy atom. The minimum atomic E-state index is -0.290. The van der Waals surface area contributed by atoms with Crippen LogP contribution in [0.2, 0.25) is 0 Å². The predicted molar refractivity (Wildman–Crippen MR) is 74.6 cm³/mol. The molecule has 0 aromatic heterocycles. The maximum Gasteiger partial charge on any atom is 0.245 e. The van der Waals surface area contributed by atoms with Gasteiger partial charge in [-0.1, -0.05) is 39.5 Å². The van der Waals surface area contributed by atoms with E-state index >= 15 is 0 Å². The van der Waals surface area contributed by atoms with Crippen molar-refractivity contribution in [3.8, 4) is 0 Å². The third kappa shape index (κ3) is 3.10. The molecule has 1 saturated heterocycles. The van der Waals surface area contributed by atoms with Crippen LogP contribution in [0, 0.1) is 5.92 Å². The quantitative estimate of drug-likeness (QED) is 0.800. The Kier molecular flexibility index (Phi) is 4.83. The Balaban J connectivity index is 1.99. The van der Waals surface area contributed by atoms with Crippen molar-refractivity contribution in [1.82, 2.24) is 10.2 Å². The van der Waals surface area contributed by atoms with Crippen molar-refractivity contribution in [1.29, 1.82) is 0 Å². The van der Waals surface area contributed by atoms with Gasteiger partial charge in [-0.25, -0.2) is 0 Å². The fraction of sp³-hybridized carbons (Fsp3) is 0.867. The largest absolute Gasteiger partial charge is 0.343 e. The summed E-state index contributed by atoms with van der Waals surface area (Å²) in [4.78, 5) is 26.4. The maximum absolute atomic E-state index is 12.5. The number of hydrogen-bond acceptors (Lipinski definition) is 2. The van der Waals surface area contributed by atoms with E-state index in [1.807, 2.05) is 18.7 Å². The van der Waals surface area contributed by atoms with Gasteiger partial charge in [-0.05, 0) is 25.2 Å². The minimum absolute atomic E-state index is 0.0363. The number of piperazine rings is 1. The van der Waals surface area contributed by atoms with Crippen molar-refractivity contribution in [3.05, 3.63) is 0 Å². The van der Waals surface area contributed by atoms with Gasteiger partial charge in [-0.3, -0.25) is 9.59 Å². The molecular weight excluding hydrogens is 240 g/mol. The van der Waals surface area contributed by atoms with Crippen molar-refractivity contribution in [2.24, 2.45) is 5.92 Å². The molecule has 0 aromatic rings. The lowest BCUT2D eigenvalue weighted by Crippen LogP contribution is -2.63. The fourth-order valence-corrected chi connectivity index (χ4v) is 3.08. The van der Waals surface area contributed by atoms with E-state index in [1.54, 1.807) is 0 Å². The number of nitrogens with one attached hydrogen (secondary N) is 1. The Morgan fingerprint density at radius 1 is 1.21 bits per heavy atom. The van der Waals surface area contributed by atoms with Crippen LogP contribution >= 0.6 is 0 Å². The fourth-order valence-electron chi connectivity index (χ4n) is 3.08. The van der Waals surface area contributed by atoms with Gasteiger partial charge in [-0.15, -0.1) is 0 Å². The third-order valence-electron chi connectivity index (χ3n) is 4.54. The minimum Gasteiger partial charge on any atom is -0.343 e. The summed E-state index contributed by atoms with van der Waals surface area (Å²) < 4.78 is 0. The molecule has 19 heavy (non-hydrogen) atoms. The first kappa shape index (κ1) is 14.4. The zero-order valence-corrected chi connectivity index (χ0v) is 12.2. The van der Waals surface area contributed by atoms with E-state index in [0.717, 1.165) is 31.7 Å². The van der Waals surface area contributed by atoms with E-state index in [2.05, 4.69) is 5.32 Å². The van der Waals surface area contributed by atoms with E-state index in [1.165, 1.54) is 19.3 Å². The van der Waals surface area contributed by atoms with Gasteiger partial charge in [0, 0.05) is 6.54 Å². The highest BCUT2D eigenvalue weighted by Gasteiger charge is 2.39. The summed E-state index contributed by atoms with van der Waals surface area (Å²) in [6.07, 6.45) is 7.36. The topological polar surface area (TPSA) is 49.4 Å². The van der Waals surface area contributed by atoms with E-state index in [-0.39, 0.29) is 23.9 Å². The molecule has 2 amide bonds. The van der Waals surface area contributed by atoms with Crippen LogP contribution in [-0.4, -0.2) is 35.3 Å². The summed E-state index contributed by atoms with van der Waals surface area (Å²) >= 11 is 0. The molecule has 0 aromatic carbocycles. The lowest BCUT2D eigenvalue weighted by molar-refractivity contribution is -0.150. The van der Waals surface area contributed by atoms with Gasteiger partial charge in [0.15, 0.2) is 0 Å². The molecule has 1 aliphatic carbocycles. The van der Waals surface area contributed by atoms with E-state index in [4.69, 9.17) is 0 Å². The number of carbonyl (C=O) groups is 2. The van der Waals surface area contributed by atoms with Crippen molar-refractivity contribution in [3.63, 3.8) is 0 Å². The van der Waals surface area contributed by atoms with Crippen LogP contribution in [0.1, 0.15) is 58.8 Å². The van der Waals surface area contributed by atoms with Crippen LogP contribution in [0.3, 0.4) is 0 Å². The van der Waals surface area contributed by atoms with Crippen LogP contribution in [0.4, 0.5) is 0 Å². The second-order valence-electron chi connectivity index (χ2n) is 5.89. The van der Waals surface area contributed by atoms with Crippen LogP contribution in [0.15, 0.2) is 0 Å². The summed E-state index contributed by atoms with van der Waals surface area (Å²) in [5, 5.41) is 2.88. The summed E-state index contributed by atoms with van der Waals surface area (Å²) in [7, 11) is 0. The molecule has 2 aliphatic rings. The highest BCUT2D eigenvalue weighted by molar-refractivity contribution is 5.96. The van der Waals surface area contributed by atoms with Crippen LogP contribution < -0.4 is 5.32 Å². The molecule has 1 saturated carbocycles. The Hall–Kier alpha value is -1.06. The SMILES string of the molecule is CCCC1NC(=O)C(CC)N(CCC2CCC2)C1=O. The average molecular weight is 266 g/mol. The van der Waals surface area contributed by atoms with Gasteiger partial charge in [-0.2, -0.15) is 0 Å². The molecule has 4 heteroatoms. The molecule has 2 atom stereocenters. The van der Waals surface area contributed by atoms with E-state index in [9.17, 15) is 9.59 Å². The molecule has 4 nitrogen and oxygen atoms in total. The third-order valence-corrected chi connectivity index (χ3v) is 4.54. The first-order chi connectivity index (χ1) is 9.17. The highest BCUT2D eigenvalue weighted by Crippen LogP contribution is 2.30. The van der Waals surface area contributed by atoms with Gasteiger partial charge in [0.1, 0.15) is 12.1 Å². The lowest BCUT2D eigenvalue weighted by Gasteiger charge is -2.40. The van der Waals surface area contributed by atoms with Crippen LogP contribution in [-0.2, 0) is 9.59 Å². The van der Waals surface area contributed by atoms with E-state index in [0.29, 0.717) is 6.42 Å². The van der Waals surface area contributed by atoms with Crippen LogP contribution in [0.5, 0.6) is 0 Å². The highest BCUT2D eigenvalue weighted by atomic mass is 16.2. The van der Waals surface area contributed by atoms with Gasteiger partial charge in [0.2, 0.25) is 11.8 Å². The molecule has 0 bridgehead atoms. The normalized spacial score (nSPS) is 28.2.